The smallest absolute Gasteiger partial charge is 0.326 e. The molecule has 1 aliphatic heterocycles. The fourth-order valence-electron chi connectivity index (χ4n) is 7.49. The fraction of sp³-hybridized carbons (Fsp3) is 0.587. The molecule has 4 bridgehead atoms. The van der Waals surface area contributed by atoms with Crippen LogP contribution in [0, 0.1) is 0 Å². The number of phenols is 2. The minimum atomic E-state index is -1.47. The molecule has 0 aliphatic carbocycles. The second kappa shape index (κ2) is 26.0. The average molecular weight is 881 g/mol. The summed E-state index contributed by atoms with van der Waals surface area (Å²) in [5.41, 5.74) is 0.728. The van der Waals surface area contributed by atoms with Gasteiger partial charge in [-0.05, 0) is 55.7 Å². The van der Waals surface area contributed by atoms with Gasteiger partial charge in [-0.3, -0.25) is 28.8 Å². The van der Waals surface area contributed by atoms with Crippen molar-refractivity contribution in [2.75, 3.05) is 27.2 Å². The van der Waals surface area contributed by atoms with Gasteiger partial charge < -0.3 is 51.5 Å². The Balaban J connectivity index is 1.60. The van der Waals surface area contributed by atoms with Gasteiger partial charge in [-0.1, -0.05) is 96.1 Å². The Morgan fingerprint density at radius 2 is 1.32 bits per heavy atom. The molecule has 1 heterocycles. The minimum absolute atomic E-state index is 0.0671. The number of aromatic hydroxyl groups is 2. The van der Waals surface area contributed by atoms with E-state index in [0.29, 0.717) is 12.0 Å². The van der Waals surface area contributed by atoms with Gasteiger partial charge in [0.2, 0.25) is 35.4 Å². The molecule has 348 valence electrons. The summed E-state index contributed by atoms with van der Waals surface area (Å²) in [5.74, 6) is -6.23. The van der Waals surface area contributed by atoms with Crippen LogP contribution in [0.4, 0.5) is 0 Å². The maximum atomic E-state index is 13.9. The lowest BCUT2D eigenvalue weighted by Crippen LogP contribution is -2.55. The summed E-state index contributed by atoms with van der Waals surface area (Å²) in [4.78, 5) is 94.0. The van der Waals surface area contributed by atoms with Gasteiger partial charge in [0.05, 0.1) is 13.2 Å². The van der Waals surface area contributed by atoms with Crippen LogP contribution in [-0.2, 0) is 40.0 Å². The number of aliphatic carboxylic acids is 1. The lowest BCUT2D eigenvalue weighted by atomic mass is 9.94. The number of phenolic OH excluding ortho intramolecular Hbond substituents is 2. The summed E-state index contributed by atoms with van der Waals surface area (Å²) in [6, 6.07) is 1.63. The zero-order valence-electron chi connectivity index (χ0n) is 37.4. The third-order valence-electron chi connectivity index (χ3n) is 11.5. The molecule has 2 aromatic carbocycles. The van der Waals surface area contributed by atoms with Crippen LogP contribution in [-0.4, -0.2) is 123 Å². The van der Waals surface area contributed by atoms with E-state index >= 15 is 0 Å². The molecule has 8 N–H and O–H groups in total. The van der Waals surface area contributed by atoms with Crippen LogP contribution in [0.1, 0.15) is 128 Å². The Labute approximate surface area is 370 Å². The van der Waals surface area contributed by atoms with Crippen LogP contribution in [0.5, 0.6) is 11.5 Å². The van der Waals surface area contributed by atoms with E-state index < -0.39 is 78.9 Å². The predicted octanol–water partition coefficient (Wildman–Crippen LogP) is 3.82. The summed E-state index contributed by atoms with van der Waals surface area (Å²) >= 11 is 0. The van der Waals surface area contributed by atoms with E-state index in [2.05, 4.69) is 28.2 Å². The van der Waals surface area contributed by atoms with Gasteiger partial charge in [0.15, 0.2) is 0 Å². The van der Waals surface area contributed by atoms with Crippen LogP contribution in [0.25, 0.3) is 11.1 Å². The number of carbonyl (C=O) groups excluding carboxylic acids is 6. The van der Waals surface area contributed by atoms with E-state index in [1.807, 2.05) is 0 Å². The number of benzene rings is 2. The number of aliphatic hydroxyl groups excluding tert-OH is 1. The first-order valence-electron chi connectivity index (χ1n) is 22.2. The normalized spacial score (nSPS) is 17.3. The zero-order valence-corrected chi connectivity index (χ0v) is 37.4. The summed E-state index contributed by atoms with van der Waals surface area (Å²) in [7, 11) is 2.70. The van der Waals surface area contributed by atoms with Crippen LogP contribution in [0.3, 0.4) is 0 Å². The second-order valence-electron chi connectivity index (χ2n) is 16.5. The number of hydrogen-bond acceptors (Lipinski definition) is 10. The maximum absolute atomic E-state index is 13.9. The van der Waals surface area contributed by atoms with Gasteiger partial charge in [0.25, 0.3) is 0 Å². The highest BCUT2D eigenvalue weighted by molar-refractivity contribution is 5.96. The van der Waals surface area contributed by atoms with Crippen molar-refractivity contribution in [1.82, 2.24) is 31.1 Å². The highest BCUT2D eigenvalue weighted by Gasteiger charge is 2.34. The Morgan fingerprint density at radius 3 is 1.89 bits per heavy atom. The van der Waals surface area contributed by atoms with Gasteiger partial charge >= 0.3 is 5.97 Å². The molecule has 1 aliphatic rings. The number of carbonyl (C=O) groups is 7. The van der Waals surface area contributed by atoms with Crippen molar-refractivity contribution in [2.45, 2.75) is 147 Å². The van der Waals surface area contributed by atoms with Crippen molar-refractivity contribution < 1.29 is 54.0 Å². The van der Waals surface area contributed by atoms with Crippen molar-refractivity contribution >= 4 is 41.4 Å². The molecule has 6 amide bonds. The molecule has 0 saturated heterocycles. The Bertz CT molecular complexity index is 1890. The molecule has 0 fully saturated rings. The highest BCUT2D eigenvalue weighted by Crippen LogP contribution is 2.38. The Hall–Kier alpha value is -5.71. The summed E-state index contributed by atoms with van der Waals surface area (Å²) < 4.78 is 0. The molecule has 2 aromatic rings. The van der Waals surface area contributed by atoms with Gasteiger partial charge in [-0.2, -0.15) is 0 Å². The van der Waals surface area contributed by atoms with Gasteiger partial charge in [0.1, 0.15) is 41.7 Å². The van der Waals surface area contributed by atoms with Crippen molar-refractivity contribution in [3.05, 3.63) is 47.5 Å². The van der Waals surface area contributed by atoms with Gasteiger partial charge in [-0.15, -0.1) is 0 Å². The van der Waals surface area contributed by atoms with E-state index in [0.717, 1.165) is 29.1 Å². The lowest BCUT2D eigenvalue weighted by Gasteiger charge is -2.30. The summed E-state index contributed by atoms with van der Waals surface area (Å²) in [6.07, 6.45) is 15.1. The first-order chi connectivity index (χ1) is 30.0. The third kappa shape index (κ3) is 15.9. The topological polar surface area (TPSA) is 255 Å². The monoisotopic (exact) mass is 880 g/mol. The molecule has 63 heavy (non-hydrogen) atoms. The van der Waals surface area contributed by atoms with E-state index in [1.165, 1.54) is 122 Å². The number of fused-ring (bicyclic) bond motifs is 5. The molecular formula is C46H68N6O11. The molecular weight excluding hydrogens is 813 g/mol. The standard InChI is InChI=1S/C46H68N6O11/c1-6-7-8-9-10-11-12-13-14-15-16-17-18-19-39(56)51(4)36(28-53)44(60)48-29(2)42(58)47-27-40(57)52(5)41-32-21-23-38(55)34(26-32)33-24-31(20-22-37(33)54)25-35(46(62)63)50-43(59)30(3)49-45(41)61/h20-24,26,29-30,35-36,41,53-55H,6-19,25,27-28H2,1-5H3,(H,47,58)(H,48,60)(H,49,61)(H,50,59)(H,62,63)/t29-,30+,35?,36?,41+/m1/s1. The number of unbranched alkanes of at least 4 members (excludes halogenated alkanes) is 12. The zero-order chi connectivity index (χ0) is 46.6. The fourth-order valence-corrected chi connectivity index (χ4v) is 7.49. The van der Waals surface area contributed by atoms with Crippen LogP contribution in [0.15, 0.2) is 36.4 Å². The quantitative estimate of drug-likeness (QED) is 0.0745. The number of nitrogens with zero attached hydrogens (tertiary/aromatic N) is 2. The minimum Gasteiger partial charge on any atom is -0.507 e. The number of carboxylic acid groups (broad SMARTS) is 1. The SMILES string of the molecule is CCCCCCCCCCCCCCCC(=O)N(C)C(CO)C(=O)N[C@H](C)C(=O)NCC(=O)N(C)[C@@H]1C(=O)N[C@@H](C)C(=O)NC(C(=O)O)Cc2ccc(O)c(c2)-c2cc1ccc2O. The molecule has 5 atom stereocenters. The Morgan fingerprint density at radius 1 is 0.762 bits per heavy atom. The number of likely N-dealkylation sites (N-methyl/N-ethyl adjacent to an activating group) is 2. The van der Waals surface area contributed by atoms with Crippen molar-refractivity contribution in [3.8, 4) is 22.6 Å². The number of amides is 6. The van der Waals surface area contributed by atoms with Crippen molar-refractivity contribution in [1.29, 1.82) is 0 Å². The van der Waals surface area contributed by atoms with E-state index in [9.17, 15) is 54.0 Å². The highest BCUT2D eigenvalue weighted by atomic mass is 16.4. The van der Waals surface area contributed by atoms with Crippen LogP contribution >= 0.6 is 0 Å². The molecule has 0 radical (unpaired) electrons. The second-order valence-corrected chi connectivity index (χ2v) is 16.5. The largest absolute Gasteiger partial charge is 0.507 e. The first-order valence-corrected chi connectivity index (χ1v) is 22.2. The first kappa shape index (κ1) is 51.6. The number of nitrogens with one attached hydrogen (secondary N) is 4. The molecule has 17 heteroatoms. The lowest BCUT2D eigenvalue weighted by molar-refractivity contribution is -0.143. The molecule has 0 saturated carbocycles. The molecule has 3 rings (SSSR count). The van der Waals surface area contributed by atoms with E-state index in [-0.39, 0.29) is 46.9 Å². The third-order valence-corrected chi connectivity index (χ3v) is 11.5. The van der Waals surface area contributed by atoms with E-state index in [1.54, 1.807) is 0 Å². The van der Waals surface area contributed by atoms with E-state index in [4.69, 9.17) is 0 Å². The maximum Gasteiger partial charge on any atom is 0.326 e. The number of aliphatic hydroxyl groups is 1. The average Bonchev–Trinajstić information content (AvgIpc) is 3.24. The summed E-state index contributed by atoms with van der Waals surface area (Å²) in [5, 5.41) is 51.3. The van der Waals surface area contributed by atoms with Gasteiger partial charge in [0, 0.05) is 38.1 Å². The number of carboxylic acids is 1. The number of rotatable bonds is 23. The van der Waals surface area contributed by atoms with Crippen LogP contribution < -0.4 is 21.3 Å². The van der Waals surface area contributed by atoms with Gasteiger partial charge in [-0.25, -0.2) is 4.79 Å². The molecule has 2 unspecified atom stereocenters. The Kier molecular flexibility index (Phi) is 21.3. The van der Waals surface area contributed by atoms with Crippen molar-refractivity contribution in [2.24, 2.45) is 0 Å². The van der Waals surface area contributed by atoms with Crippen LogP contribution in [0.2, 0.25) is 0 Å². The van der Waals surface area contributed by atoms with Crippen molar-refractivity contribution in [3.63, 3.8) is 0 Å². The number of hydrogen-bond donors (Lipinski definition) is 8. The molecule has 0 aromatic heterocycles. The predicted molar refractivity (Wildman–Crippen MR) is 236 cm³/mol. The molecule has 17 nitrogen and oxygen atoms in total. The molecule has 0 spiro atoms. The summed E-state index contributed by atoms with van der Waals surface area (Å²) in [6.45, 7) is 3.59.